The number of carbonyl (C=O) groups is 1. The molecule has 2 heterocycles. The lowest BCUT2D eigenvalue weighted by atomic mass is 10.2. The summed E-state index contributed by atoms with van der Waals surface area (Å²) < 4.78 is 1.54. The average molecular weight is 421 g/mol. The van der Waals surface area contributed by atoms with E-state index in [0.29, 0.717) is 21.7 Å². The second-order valence-corrected chi connectivity index (χ2v) is 7.91. The molecule has 0 atom stereocenters. The minimum absolute atomic E-state index is 0.0827. The smallest absolute Gasteiger partial charge is 0.266 e. The summed E-state index contributed by atoms with van der Waals surface area (Å²) in [5, 5.41) is 6.88. The van der Waals surface area contributed by atoms with Crippen LogP contribution in [-0.2, 0) is 4.79 Å². The molecule has 144 valence electrons. The fraction of sp³-hybridized carbons (Fsp3) is 0.0476. The molecule has 8 heteroatoms. The molecule has 1 amide bonds. The highest BCUT2D eigenvalue weighted by Gasteiger charge is 2.14. The van der Waals surface area contributed by atoms with E-state index in [1.54, 1.807) is 18.3 Å². The Hall–Kier alpha value is -3.23. The number of amides is 1. The van der Waals surface area contributed by atoms with E-state index >= 15 is 0 Å². The van der Waals surface area contributed by atoms with Crippen LogP contribution in [0, 0.1) is 0 Å². The first kappa shape index (κ1) is 19.1. The summed E-state index contributed by atoms with van der Waals surface area (Å²) in [6.45, 7) is 0. The predicted octanol–water partition coefficient (Wildman–Crippen LogP) is 3.69. The monoisotopic (exact) mass is 420 g/mol. The van der Waals surface area contributed by atoms with Gasteiger partial charge in [-0.05, 0) is 35.7 Å². The van der Waals surface area contributed by atoms with Crippen LogP contribution in [-0.4, -0.2) is 27.4 Å². The number of nitrogens with zero attached hydrogens (tertiary/aromatic N) is 3. The summed E-state index contributed by atoms with van der Waals surface area (Å²) in [7, 11) is 0. The molecule has 0 fully saturated rings. The topological polar surface area (TPSA) is 76.3 Å². The fourth-order valence-electron chi connectivity index (χ4n) is 2.71. The van der Waals surface area contributed by atoms with Crippen LogP contribution in [0.25, 0.3) is 16.6 Å². The van der Waals surface area contributed by atoms with E-state index in [4.69, 9.17) is 0 Å². The highest BCUT2D eigenvalue weighted by atomic mass is 32.2. The number of nitrogens with one attached hydrogen (secondary N) is 1. The van der Waals surface area contributed by atoms with Crippen LogP contribution >= 0.6 is 23.1 Å². The minimum Gasteiger partial charge on any atom is -0.272 e. The average Bonchev–Trinajstić information content (AvgIpc) is 3.26. The molecule has 4 aromatic rings. The van der Waals surface area contributed by atoms with Gasteiger partial charge in [-0.1, -0.05) is 48.2 Å². The zero-order valence-electron chi connectivity index (χ0n) is 15.2. The summed E-state index contributed by atoms with van der Waals surface area (Å²) in [5.74, 6) is -0.191. The largest absolute Gasteiger partial charge is 0.272 e. The number of hydrogen-bond donors (Lipinski definition) is 1. The number of hydrazone groups is 1. The van der Waals surface area contributed by atoms with Gasteiger partial charge in [-0.2, -0.15) is 5.10 Å². The van der Waals surface area contributed by atoms with Crippen molar-refractivity contribution in [3.05, 3.63) is 87.3 Å². The summed E-state index contributed by atoms with van der Waals surface area (Å²) in [4.78, 5) is 30.8. The van der Waals surface area contributed by atoms with Crippen molar-refractivity contribution >= 4 is 46.1 Å². The maximum Gasteiger partial charge on any atom is 0.266 e. The number of aromatic nitrogens is 2. The summed E-state index contributed by atoms with van der Waals surface area (Å²) in [6.07, 6.45) is 1.60. The van der Waals surface area contributed by atoms with Crippen LogP contribution in [0.3, 0.4) is 0 Å². The molecule has 0 unspecified atom stereocenters. The van der Waals surface area contributed by atoms with Crippen molar-refractivity contribution in [1.29, 1.82) is 0 Å². The number of rotatable bonds is 6. The van der Waals surface area contributed by atoms with Crippen LogP contribution < -0.4 is 11.0 Å². The molecule has 29 heavy (non-hydrogen) atoms. The van der Waals surface area contributed by atoms with E-state index in [0.717, 1.165) is 4.88 Å². The number of carbonyl (C=O) groups excluding carboxylic acids is 1. The summed E-state index contributed by atoms with van der Waals surface area (Å²) >= 11 is 2.73. The van der Waals surface area contributed by atoms with Gasteiger partial charge >= 0.3 is 0 Å². The van der Waals surface area contributed by atoms with E-state index in [2.05, 4.69) is 15.5 Å². The fourth-order valence-corrected chi connectivity index (χ4v) is 4.10. The third-order valence-electron chi connectivity index (χ3n) is 4.02. The number of hydrogen-bond acceptors (Lipinski definition) is 6. The first-order valence-electron chi connectivity index (χ1n) is 8.78. The van der Waals surface area contributed by atoms with Gasteiger partial charge in [0.05, 0.1) is 28.6 Å². The van der Waals surface area contributed by atoms with Gasteiger partial charge in [0, 0.05) is 4.88 Å². The molecule has 0 spiro atoms. The lowest BCUT2D eigenvalue weighted by molar-refractivity contribution is -0.118. The van der Waals surface area contributed by atoms with Crippen LogP contribution in [0.15, 0.2) is 87.2 Å². The molecule has 0 saturated heterocycles. The van der Waals surface area contributed by atoms with Gasteiger partial charge in [-0.3, -0.25) is 14.2 Å². The molecule has 6 nitrogen and oxygen atoms in total. The zero-order chi connectivity index (χ0) is 20.1. The van der Waals surface area contributed by atoms with Crippen molar-refractivity contribution in [3.63, 3.8) is 0 Å². The molecule has 0 aliphatic rings. The van der Waals surface area contributed by atoms with Crippen molar-refractivity contribution in [2.24, 2.45) is 5.10 Å². The molecular weight excluding hydrogens is 404 g/mol. The number of benzene rings is 2. The zero-order valence-corrected chi connectivity index (χ0v) is 16.8. The lowest BCUT2D eigenvalue weighted by Crippen LogP contribution is -2.24. The third kappa shape index (κ3) is 4.44. The molecule has 2 aromatic heterocycles. The van der Waals surface area contributed by atoms with Crippen molar-refractivity contribution in [2.75, 3.05) is 5.75 Å². The SMILES string of the molecule is O=C(CSc1nc2ccccc2c(=O)n1-c1ccccc1)NN=Cc1cccs1. The molecule has 1 N–H and O–H groups in total. The van der Waals surface area contributed by atoms with Crippen LogP contribution in [0.5, 0.6) is 0 Å². The van der Waals surface area contributed by atoms with Crippen LogP contribution in [0.2, 0.25) is 0 Å². The Morgan fingerprint density at radius 2 is 1.90 bits per heavy atom. The van der Waals surface area contributed by atoms with Crippen LogP contribution in [0.4, 0.5) is 0 Å². The summed E-state index contributed by atoms with van der Waals surface area (Å²) in [6, 6.07) is 20.3. The Bertz CT molecular complexity index is 1220. The molecule has 4 rings (SSSR count). The quantitative estimate of drug-likeness (QED) is 0.223. The molecule has 0 aliphatic heterocycles. The highest BCUT2D eigenvalue weighted by Crippen LogP contribution is 2.21. The van der Waals surface area contributed by atoms with Gasteiger partial charge in [0.2, 0.25) is 0 Å². The van der Waals surface area contributed by atoms with E-state index < -0.39 is 0 Å². The normalized spacial score (nSPS) is 11.2. The van der Waals surface area contributed by atoms with E-state index in [9.17, 15) is 9.59 Å². The molecule has 2 aromatic carbocycles. The Kier molecular flexibility index (Phi) is 5.83. The molecular formula is C21H16N4O2S2. The van der Waals surface area contributed by atoms with E-state index in [-0.39, 0.29) is 17.2 Å². The van der Waals surface area contributed by atoms with Gasteiger partial charge in [-0.25, -0.2) is 10.4 Å². The Balaban J connectivity index is 1.59. The minimum atomic E-state index is -0.273. The number of thiophene rings is 1. The lowest BCUT2D eigenvalue weighted by Gasteiger charge is -2.12. The Labute approximate surface area is 174 Å². The van der Waals surface area contributed by atoms with Crippen molar-refractivity contribution < 1.29 is 4.79 Å². The molecule has 0 bridgehead atoms. The second-order valence-electron chi connectivity index (χ2n) is 5.98. The number of thioether (sulfide) groups is 1. The van der Waals surface area contributed by atoms with Crippen molar-refractivity contribution in [3.8, 4) is 5.69 Å². The van der Waals surface area contributed by atoms with Gasteiger partial charge in [-0.15, -0.1) is 11.3 Å². The van der Waals surface area contributed by atoms with Crippen molar-refractivity contribution in [1.82, 2.24) is 15.0 Å². The van der Waals surface area contributed by atoms with E-state index in [1.807, 2.05) is 60.0 Å². The van der Waals surface area contributed by atoms with Crippen LogP contribution in [0.1, 0.15) is 4.88 Å². The third-order valence-corrected chi connectivity index (χ3v) is 5.76. The maximum absolute atomic E-state index is 13.1. The second kappa shape index (κ2) is 8.85. The van der Waals surface area contributed by atoms with Gasteiger partial charge in [0.1, 0.15) is 0 Å². The molecule has 0 aliphatic carbocycles. The number of fused-ring (bicyclic) bond motifs is 1. The van der Waals surface area contributed by atoms with Crippen molar-refractivity contribution in [2.45, 2.75) is 5.16 Å². The first-order chi connectivity index (χ1) is 14.2. The highest BCUT2D eigenvalue weighted by molar-refractivity contribution is 7.99. The maximum atomic E-state index is 13.1. The molecule has 0 radical (unpaired) electrons. The first-order valence-corrected chi connectivity index (χ1v) is 10.6. The van der Waals surface area contributed by atoms with Gasteiger partial charge < -0.3 is 0 Å². The molecule has 0 saturated carbocycles. The standard InChI is InChI=1S/C21H16N4O2S2/c26-19(24-22-13-16-9-6-12-28-16)14-29-21-23-18-11-5-4-10-17(18)20(27)25(21)15-7-2-1-3-8-15/h1-13H,14H2,(H,24,26). The van der Waals surface area contributed by atoms with E-state index in [1.165, 1.54) is 27.7 Å². The van der Waals surface area contributed by atoms with Gasteiger partial charge in [0.25, 0.3) is 11.5 Å². The number of para-hydroxylation sites is 2. The van der Waals surface area contributed by atoms with Gasteiger partial charge in [0.15, 0.2) is 5.16 Å². The Morgan fingerprint density at radius 3 is 2.69 bits per heavy atom. The predicted molar refractivity (Wildman–Crippen MR) is 118 cm³/mol. The Morgan fingerprint density at radius 1 is 1.10 bits per heavy atom. The summed E-state index contributed by atoms with van der Waals surface area (Å²) in [5.41, 5.74) is 3.64.